The minimum Gasteiger partial charge on any atom is -0.394 e. The second-order valence-corrected chi connectivity index (χ2v) is 2.65. The third kappa shape index (κ3) is 0.947. The van der Waals surface area contributed by atoms with Gasteiger partial charge >= 0.3 is 0 Å². The smallest absolute Gasteiger partial charge is 0.148 e. The average Bonchev–Trinajstić information content (AvgIpc) is 2.64. The van der Waals surface area contributed by atoms with E-state index in [4.69, 9.17) is 17.3 Å². The van der Waals surface area contributed by atoms with Gasteiger partial charge in [-0.3, -0.25) is 10.2 Å². The number of aromatic nitrogens is 4. The van der Waals surface area contributed by atoms with Crippen molar-refractivity contribution in [2.24, 2.45) is 0 Å². The van der Waals surface area contributed by atoms with E-state index in [-0.39, 0.29) is 0 Å². The molecule has 2 heterocycles. The molecule has 4 N–H and O–H groups in total. The number of nitrogens with one attached hydrogen (secondary N) is 2. The lowest BCUT2D eigenvalue weighted by Crippen LogP contribution is -1.87. The second kappa shape index (κ2) is 2.53. The maximum atomic E-state index is 5.67. The van der Waals surface area contributed by atoms with Gasteiger partial charge in [0.05, 0.1) is 11.4 Å². The van der Waals surface area contributed by atoms with Crippen LogP contribution in [0.15, 0.2) is 12.3 Å². The molecule has 0 saturated heterocycles. The van der Waals surface area contributed by atoms with Crippen molar-refractivity contribution in [1.82, 2.24) is 20.4 Å². The van der Waals surface area contributed by atoms with E-state index in [0.717, 1.165) is 5.69 Å². The van der Waals surface area contributed by atoms with Crippen molar-refractivity contribution >= 4 is 17.3 Å². The molecular formula is C6H6ClN5. The van der Waals surface area contributed by atoms with Crippen LogP contribution in [0, 0.1) is 0 Å². The highest BCUT2D eigenvalue weighted by Crippen LogP contribution is 2.26. The summed E-state index contributed by atoms with van der Waals surface area (Å²) in [5, 5.41) is 13.3. The molecule has 62 valence electrons. The third-order valence-corrected chi connectivity index (χ3v) is 1.80. The lowest BCUT2D eigenvalue weighted by Gasteiger charge is -1.90. The SMILES string of the molecule is Nc1c(-c2ccn[nH]2)n[nH]c1Cl. The summed E-state index contributed by atoms with van der Waals surface area (Å²) in [6.45, 7) is 0. The summed E-state index contributed by atoms with van der Waals surface area (Å²) in [6, 6.07) is 1.77. The van der Waals surface area contributed by atoms with Crippen molar-refractivity contribution in [2.45, 2.75) is 0 Å². The van der Waals surface area contributed by atoms with Crippen molar-refractivity contribution in [3.63, 3.8) is 0 Å². The van der Waals surface area contributed by atoms with Gasteiger partial charge in [-0.15, -0.1) is 0 Å². The van der Waals surface area contributed by atoms with E-state index in [0.29, 0.717) is 16.5 Å². The zero-order valence-electron chi connectivity index (χ0n) is 6.00. The summed E-state index contributed by atoms with van der Waals surface area (Å²) in [5.74, 6) is 0. The molecule has 0 aliphatic carbocycles. The first-order valence-electron chi connectivity index (χ1n) is 3.28. The average molecular weight is 184 g/mol. The fraction of sp³-hybridized carbons (Fsp3) is 0. The number of hydrogen-bond acceptors (Lipinski definition) is 3. The number of aromatic amines is 2. The molecule has 2 aromatic heterocycles. The number of H-pyrrole nitrogens is 2. The van der Waals surface area contributed by atoms with Crippen LogP contribution >= 0.6 is 11.6 Å². The predicted molar refractivity (Wildman–Crippen MR) is 45.6 cm³/mol. The molecule has 0 aliphatic rings. The highest BCUT2D eigenvalue weighted by atomic mass is 35.5. The van der Waals surface area contributed by atoms with Gasteiger partial charge in [-0.25, -0.2) is 0 Å². The summed E-state index contributed by atoms with van der Waals surface area (Å²) in [5.41, 5.74) is 7.39. The van der Waals surface area contributed by atoms with Gasteiger partial charge in [0.25, 0.3) is 0 Å². The first kappa shape index (κ1) is 7.17. The van der Waals surface area contributed by atoms with Crippen LogP contribution in [-0.4, -0.2) is 20.4 Å². The predicted octanol–water partition coefficient (Wildman–Crippen LogP) is 1.04. The lowest BCUT2D eigenvalue weighted by molar-refractivity contribution is 1.06. The van der Waals surface area contributed by atoms with Crippen molar-refractivity contribution in [2.75, 3.05) is 5.73 Å². The Labute approximate surface area is 72.9 Å². The third-order valence-electron chi connectivity index (χ3n) is 1.51. The van der Waals surface area contributed by atoms with Crippen molar-refractivity contribution in [3.05, 3.63) is 17.4 Å². The van der Waals surface area contributed by atoms with Crippen molar-refractivity contribution < 1.29 is 0 Å². The molecule has 2 aromatic rings. The Hall–Kier alpha value is -1.49. The van der Waals surface area contributed by atoms with Gasteiger partial charge in [-0.05, 0) is 6.07 Å². The van der Waals surface area contributed by atoms with Crippen molar-refractivity contribution in [3.8, 4) is 11.4 Å². The minimum atomic E-state index is 0.347. The summed E-state index contributed by atoms with van der Waals surface area (Å²) in [7, 11) is 0. The highest BCUT2D eigenvalue weighted by molar-refractivity contribution is 6.32. The number of halogens is 1. The van der Waals surface area contributed by atoms with Crippen LogP contribution < -0.4 is 5.73 Å². The van der Waals surface area contributed by atoms with E-state index in [1.807, 2.05) is 0 Å². The van der Waals surface area contributed by atoms with Crippen LogP contribution in [0.1, 0.15) is 0 Å². The monoisotopic (exact) mass is 183 g/mol. The first-order valence-corrected chi connectivity index (χ1v) is 3.66. The van der Waals surface area contributed by atoms with Crippen LogP contribution in [0.25, 0.3) is 11.4 Å². The Kier molecular flexibility index (Phi) is 1.51. The fourth-order valence-electron chi connectivity index (χ4n) is 0.922. The number of nitrogens with two attached hydrogens (primary N) is 1. The zero-order valence-corrected chi connectivity index (χ0v) is 6.76. The molecule has 0 unspecified atom stereocenters. The maximum Gasteiger partial charge on any atom is 0.148 e. The van der Waals surface area contributed by atoms with E-state index >= 15 is 0 Å². The van der Waals surface area contributed by atoms with Crippen LogP contribution in [0.4, 0.5) is 5.69 Å². The van der Waals surface area contributed by atoms with Crippen molar-refractivity contribution in [1.29, 1.82) is 0 Å². The minimum absolute atomic E-state index is 0.347. The normalized spacial score (nSPS) is 10.4. The number of nitrogens with zero attached hydrogens (tertiary/aromatic N) is 2. The summed E-state index contributed by atoms with van der Waals surface area (Å²) in [4.78, 5) is 0. The Balaban J connectivity index is 2.55. The van der Waals surface area contributed by atoms with Gasteiger partial charge in [0.15, 0.2) is 0 Å². The molecule has 2 rings (SSSR count). The molecule has 0 bridgehead atoms. The van der Waals surface area contributed by atoms with E-state index in [1.165, 1.54) is 0 Å². The van der Waals surface area contributed by atoms with Gasteiger partial charge in [-0.2, -0.15) is 10.2 Å². The van der Waals surface area contributed by atoms with Gasteiger partial charge in [-0.1, -0.05) is 11.6 Å². The first-order chi connectivity index (χ1) is 5.79. The molecule has 0 amide bonds. The molecule has 0 aromatic carbocycles. The Morgan fingerprint density at radius 3 is 2.75 bits per heavy atom. The van der Waals surface area contributed by atoms with Crippen LogP contribution in [0.3, 0.4) is 0 Å². The second-order valence-electron chi connectivity index (χ2n) is 2.27. The number of hydrogen-bond donors (Lipinski definition) is 3. The molecule has 0 radical (unpaired) electrons. The molecule has 12 heavy (non-hydrogen) atoms. The van der Waals surface area contributed by atoms with E-state index in [9.17, 15) is 0 Å². The molecule has 0 fully saturated rings. The zero-order chi connectivity index (χ0) is 8.55. The standard InChI is InChI=1S/C6H6ClN5/c7-6-4(8)5(11-12-6)3-1-2-9-10-3/h1-2H,8H2,(H,9,10)(H,11,12). The number of rotatable bonds is 1. The van der Waals surface area contributed by atoms with Gasteiger partial charge in [0.1, 0.15) is 10.8 Å². The molecule has 0 atom stereocenters. The molecule has 5 nitrogen and oxygen atoms in total. The summed E-state index contributed by atoms with van der Waals surface area (Å²) in [6.07, 6.45) is 1.62. The van der Waals surface area contributed by atoms with E-state index in [1.54, 1.807) is 12.3 Å². The Morgan fingerprint density at radius 2 is 2.25 bits per heavy atom. The molecule has 6 heteroatoms. The molecule has 0 spiro atoms. The topological polar surface area (TPSA) is 83.4 Å². The van der Waals surface area contributed by atoms with Gasteiger partial charge in [0.2, 0.25) is 0 Å². The lowest BCUT2D eigenvalue weighted by atomic mass is 10.3. The molecule has 0 saturated carbocycles. The number of nitrogen functional groups attached to an aromatic ring is 1. The van der Waals surface area contributed by atoms with Gasteiger partial charge in [0, 0.05) is 6.20 Å². The Morgan fingerprint density at radius 1 is 1.42 bits per heavy atom. The van der Waals surface area contributed by atoms with E-state index < -0.39 is 0 Å². The maximum absolute atomic E-state index is 5.67. The quantitative estimate of drug-likeness (QED) is 0.618. The van der Waals surface area contributed by atoms with Crippen LogP contribution in [0.2, 0.25) is 5.15 Å². The number of anilines is 1. The largest absolute Gasteiger partial charge is 0.394 e. The molecule has 0 aliphatic heterocycles. The highest BCUT2D eigenvalue weighted by Gasteiger charge is 2.10. The summed E-state index contributed by atoms with van der Waals surface area (Å²) < 4.78 is 0. The fourth-order valence-corrected chi connectivity index (χ4v) is 1.05. The van der Waals surface area contributed by atoms with Crippen LogP contribution in [0.5, 0.6) is 0 Å². The van der Waals surface area contributed by atoms with E-state index in [2.05, 4.69) is 20.4 Å². The van der Waals surface area contributed by atoms with Crippen LogP contribution in [-0.2, 0) is 0 Å². The van der Waals surface area contributed by atoms with Gasteiger partial charge < -0.3 is 5.73 Å². The Bertz CT molecular complexity index is 377. The summed E-state index contributed by atoms with van der Waals surface area (Å²) >= 11 is 5.67. The molecular weight excluding hydrogens is 178 g/mol.